The maximum absolute atomic E-state index is 11.5. The van der Waals surface area contributed by atoms with Crippen molar-refractivity contribution in [2.75, 3.05) is 38.7 Å². The Labute approximate surface area is 122 Å². The van der Waals surface area contributed by atoms with Crippen molar-refractivity contribution in [3.63, 3.8) is 0 Å². The Balaban J connectivity index is 2.64. The van der Waals surface area contributed by atoms with E-state index in [1.165, 1.54) is 12.1 Å². The lowest BCUT2D eigenvalue weighted by atomic mass is 10.2. The van der Waals surface area contributed by atoms with Crippen LogP contribution >= 0.6 is 0 Å². The molecule has 0 aromatic heterocycles. The molecule has 0 aliphatic carbocycles. The highest BCUT2D eigenvalue weighted by molar-refractivity contribution is 5.80. The summed E-state index contributed by atoms with van der Waals surface area (Å²) < 4.78 is 10.1. The van der Waals surface area contributed by atoms with Gasteiger partial charge in [0.05, 0.1) is 30.7 Å². The minimum Gasteiger partial charge on any atom is -0.494 e. The first-order valence-electron chi connectivity index (χ1n) is 6.48. The van der Waals surface area contributed by atoms with Crippen molar-refractivity contribution in [1.82, 2.24) is 5.32 Å². The molecule has 0 aliphatic heterocycles. The Hall–Kier alpha value is -2.35. The third kappa shape index (κ3) is 6.09. The summed E-state index contributed by atoms with van der Waals surface area (Å²) in [6, 6.07) is 4.30. The molecule has 1 aromatic carbocycles. The van der Waals surface area contributed by atoms with Crippen LogP contribution in [0.1, 0.15) is 6.92 Å². The van der Waals surface area contributed by atoms with Crippen LogP contribution < -0.4 is 15.4 Å². The molecule has 0 fully saturated rings. The zero-order chi connectivity index (χ0) is 15.7. The summed E-state index contributed by atoms with van der Waals surface area (Å²) in [5.41, 5.74) is 0.359. The Morgan fingerprint density at radius 1 is 1.38 bits per heavy atom. The second kappa shape index (κ2) is 8.75. The van der Waals surface area contributed by atoms with Gasteiger partial charge in [0.25, 0.3) is 5.69 Å². The van der Waals surface area contributed by atoms with Gasteiger partial charge in [-0.05, 0) is 6.92 Å². The van der Waals surface area contributed by atoms with Crippen molar-refractivity contribution in [2.24, 2.45) is 0 Å². The number of nitro groups is 1. The van der Waals surface area contributed by atoms with Gasteiger partial charge in [-0.2, -0.15) is 0 Å². The van der Waals surface area contributed by atoms with Gasteiger partial charge in [0, 0.05) is 31.5 Å². The van der Waals surface area contributed by atoms with Crippen molar-refractivity contribution < 1.29 is 19.2 Å². The third-order valence-electron chi connectivity index (χ3n) is 2.49. The number of nitro benzene ring substituents is 1. The summed E-state index contributed by atoms with van der Waals surface area (Å²) in [5.74, 6) is 0.158. The number of anilines is 1. The zero-order valence-corrected chi connectivity index (χ0v) is 12.0. The number of carbonyl (C=O) groups excluding carboxylic acids is 1. The number of non-ortho nitro benzene ring substituents is 1. The normalized spacial score (nSPS) is 10.0. The molecule has 8 nitrogen and oxygen atoms in total. The number of hydrogen-bond acceptors (Lipinski definition) is 6. The molecule has 0 atom stereocenters. The third-order valence-corrected chi connectivity index (χ3v) is 2.49. The van der Waals surface area contributed by atoms with Gasteiger partial charge in [-0.1, -0.05) is 0 Å². The minimum absolute atomic E-state index is 0.0104. The molecule has 1 amide bonds. The fraction of sp³-hybridized carbons (Fsp3) is 0.462. The summed E-state index contributed by atoms with van der Waals surface area (Å²) in [4.78, 5) is 21.9. The van der Waals surface area contributed by atoms with Crippen molar-refractivity contribution in [1.29, 1.82) is 0 Å². The first-order valence-corrected chi connectivity index (χ1v) is 6.48. The van der Waals surface area contributed by atoms with E-state index in [1.807, 2.05) is 0 Å². The molecule has 1 aromatic rings. The number of rotatable bonds is 9. The molecule has 2 N–H and O–H groups in total. The van der Waals surface area contributed by atoms with Crippen LogP contribution in [0.15, 0.2) is 18.2 Å². The molecule has 0 aliphatic rings. The van der Waals surface area contributed by atoms with Crippen LogP contribution in [0.25, 0.3) is 0 Å². The molecule has 0 unspecified atom stereocenters. The van der Waals surface area contributed by atoms with Gasteiger partial charge < -0.3 is 20.1 Å². The van der Waals surface area contributed by atoms with Gasteiger partial charge in [0.2, 0.25) is 5.91 Å². The van der Waals surface area contributed by atoms with E-state index in [0.29, 0.717) is 31.2 Å². The highest BCUT2D eigenvalue weighted by Crippen LogP contribution is 2.25. The average Bonchev–Trinajstić information content (AvgIpc) is 2.45. The van der Waals surface area contributed by atoms with E-state index in [1.54, 1.807) is 20.1 Å². The first-order chi connectivity index (χ1) is 10.1. The maximum Gasteiger partial charge on any atom is 0.275 e. The van der Waals surface area contributed by atoms with Crippen molar-refractivity contribution in [3.05, 3.63) is 28.3 Å². The maximum atomic E-state index is 11.5. The molecular weight excluding hydrogens is 278 g/mol. The Morgan fingerprint density at radius 3 is 2.76 bits per heavy atom. The largest absolute Gasteiger partial charge is 0.494 e. The lowest BCUT2D eigenvalue weighted by molar-refractivity contribution is -0.384. The summed E-state index contributed by atoms with van der Waals surface area (Å²) in [6.07, 6.45) is 0. The molecule has 21 heavy (non-hydrogen) atoms. The van der Waals surface area contributed by atoms with Crippen molar-refractivity contribution in [3.8, 4) is 5.75 Å². The smallest absolute Gasteiger partial charge is 0.275 e. The van der Waals surface area contributed by atoms with Gasteiger partial charge in [0.1, 0.15) is 5.75 Å². The monoisotopic (exact) mass is 297 g/mol. The summed E-state index contributed by atoms with van der Waals surface area (Å²) in [6.45, 7) is 3.04. The molecule has 0 saturated carbocycles. The number of carbonyl (C=O) groups is 1. The Bertz CT molecular complexity index is 493. The SMILES string of the molecule is CCOc1cc(NCC(=O)NCCOC)cc([N+](=O)[O-])c1. The van der Waals surface area contributed by atoms with E-state index < -0.39 is 4.92 Å². The van der Waals surface area contributed by atoms with E-state index >= 15 is 0 Å². The van der Waals surface area contributed by atoms with Crippen LogP contribution in [0, 0.1) is 10.1 Å². The predicted octanol–water partition coefficient (Wildman–Crippen LogP) is 1.17. The minimum atomic E-state index is -0.508. The second-order valence-corrected chi connectivity index (χ2v) is 4.10. The molecule has 116 valence electrons. The van der Waals surface area contributed by atoms with Crippen LogP contribution in [0.3, 0.4) is 0 Å². The highest BCUT2D eigenvalue weighted by atomic mass is 16.6. The Kier molecular flexibility index (Phi) is 6.96. The van der Waals surface area contributed by atoms with E-state index in [9.17, 15) is 14.9 Å². The molecular formula is C13H19N3O5. The first kappa shape index (κ1) is 16.7. The Morgan fingerprint density at radius 2 is 2.14 bits per heavy atom. The molecule has 0 spiro atoms. The van der Waals surface area contributed by atoms with Crippen molar-refractivity contribution >= 4 is 17.3 Å². The van der Waals surface area contributed by atoms with Crippen LogP contribution in [-0.4, -0.2) is 44.2 Å². The summed E-state index contributed by atoms with van der Waals surface area (Å²) in [5, 5.41) is 16.3. The summed E-state index contributed by atoms with van der Waals surface area (Å²) >= 11 is 0. The van der Waals surface area contributed by atoms with E-state index in [4.69, 9.17) is 9.47 Å². The number of amides is 1. The van der Waals surface area contributed by atoms with Crippen LogP contribution in [0.2, 0.25) is 0 Å². The molecule has 0 saturated heterocycles. The topological polar surface area (TPSA) is 103 Å². The number of nitrogens with zero attached hydrogens (tertiary/aromatic N) is 1. The fourth-order valence-corrected chi connectivity index (χ4v) is 1.58. The number of hydrogen-bond donors (Lipinski definition) is 2. The zero-order valence-electron chi connectivity index (χ0n) is 12.0. The second-order valence-electron chi connectivity index (χ2n) is 4.10. The number of methoxy groups -OCH3 is 1. The number of nitrogens with one attached hydrogen (secondary N) is 2. The van der Waals surface area contributed by atoms with Gasteiger partial charge >= 0.3 is 0 Å². The number of ether oxygens (including phenoxy) is 2. The lowest BCUT2D eigenvalue weighted by Crippen LogP contribution is -2.32. The lowest BCUT2D eigenvalue weighted by Gasteiger charge is -2.09. The fourth-order valence-electron chi connectivity index (χ4n) is 1.58. The quantitative estimate of drug-likeness (QED) is 0.403. The standard InChI is InChI=1S/C13H19N3O5/c1-3-21-12-7-10(6-11(8-12)16(18)19)15-9-13(17)14-4-5-20-2/h6-8,15H,3-5,9H2,1-2H3,(H,14,17). The molecule has 0 heterocycles. The van der Waals surface area contributed by atoms with Crippen LogP contribution in [0.4, 0.5) is 11.4 Å². The number of benzene rings is 1. The molecule has 1 rings (SSSR count). The van der Waals surface area contributed by atoms with Gasteiger partial charge in [-0.15, -0.1) is 0 Å². The van der Waals surface area contributed by atoms with Gasteiger partial charge in [0.15, 0.2) is 0 Å². The highest BCUT2D eigenvalue weighted by Gasteiger charge is 2.11. The van der Waals surface area contributed by atoms with E-state index in [2.05, 4.69) is 10.6 Å². The van der Waals surface area contributed by atoms with Crippen molar-refractivity contribution in [2.45, 2.75) is 6.92 Å². The van der Waals surface area contributed by atoms with Crippen LogP contribution in [-0.2, 0) is 9.53 Å². The molecule has 0 radical (unpaired) electrons. The predicted molar refractivity (Wildman–Crippen MR) is 77.6 cm³/mol. The average molecular weight is 297 g/mol. The molecule has 8 heteroatoms. The van der Waals surface area contributed by atoms with Crippen LogP contribution in [0.5, 0.6) is 5.75 Å². The van der Waals surface area contributed by atoms with E-state index in [0.717, 1.165) is 0 Å². The van der Waals surface area contributed by atoms with Gasteiger partial charge in [-0.3, -0.25) is 14.9 Å². The molecule has 0 bridgehead atoms. The van der Waals surface area contributed by atoms with Gasteiger partial charge in [-0.25, -0.2) is 0 Å². The summed E-state index contributed by atoms with van der Waals surface area (Å²) in [7, 11) is 1.54. The van der Waals surface area contributed by atoms with E-state index in [-0.39, 0.29) is 18.1 Å².